The van der Waals surface area contributed by atoms with Gasteiger partial charge in [0.1, 0.15) is 11.6 Å². The lowest BCUT2D eigenvalue weighted by Crippen LogP contribution is -2.32. The number of hydrogen-bond donors (Lipinski definition) is 0. The predicted molar refractivity (Wildman–Crippen MR) is 115 cm³/mol. The fourth-order valence-corrected chi connectivity index (χ4v) is 5.31. The van der Waals surface area contributed by atoms with Gasteiger partial charge in [0.15, 0.2) is 0 Å². The van der Waals surface area contributed by atoms with E-state index in [1.165, 1.54) is 33.5 Å². The highest BCUT2D eigenvalue weighted by Gasteiger charge is 2.30. The summed E-state index contributed by atoms with van der Waals surface area (Å²) < 4.78 is 55.5. The van der Waals surface area contributed by atoms with E-state index in [0.29, 0.717) is 5.69 Å². The van der Waals surface area contributed by atoms with Gasteiger partial charge in [0.25, 0.3) is 15.9 Å². The average molecular weight is 442 g/mol. The van der Waals surface area contributed by atoms with Gasteiger partial charge in [-0.15, -0.1) is 0 Å². The third kappa shape index (κ3) is 3.79. The number of halogens is 2. The van der Waals surface area contributed by atoms with Gasteiger partial charge in [-0.25, -0.2) is 17.2 Å². The minimum absolute atomic E-state index is 0.0334. The minimum Gasteiger partial charge on any atom is -0.308 e. The Morgan fingerprint density at radius 2 is 1.77 bits per heavy atom. The number of benzene rings is 3. The molecule has 160 valence electrons. The summed E-state index contributed by atoms with van der Waals surface area (Å²) >= 11 is 0. The highest BCUT2D eigenvalue weighted by Crippen LogP contribution is 2.33. The van der Waals surface area contributed by atoms with Crippen LogP contribution in [0.1, 0.15) is 22.8 Å². The molecular formula is C23H20F2N2O3S. The van der Waals surface area contributed by atoms with Crippen LogP contribution in [-0.4, -0.2) is 27.4 Å². The molecule has 8 heteroatoms. The molecule has 4 rings (SSSR count). The van der Waals surface area contributed by atoms with Crippen LogP contribution in [0.2, 0.25) is 0 Å². The second-order valence-corrected chi connectivity index (χ2v) is 8.99. The zero-order valence-corrected chi connectivity index (χ0v) is 17.6. The molecule has 0 bridgehead atoms. The minimum atomic E-state index is -3.92. The molecule has 0 saturated heterocycles. The molecular weight excluding hydrogens is 422 g/mol. The van der Waals surface area contributed by atoms with Crippen molar-refractivity contribution in [1.82, 2.24) is 0 Å². The molecule has 0 unspecified atom stereocenters. The first-order valence-corrected chi connectivity index (χ1v) is 11.2. The number of para-hydroxylation sites is 1. The summed E-state index contributed by atoms with van der Waals surface area (Å²) in [6.45, 7) is 2.13. The molecule has 0 aliphatic carbocycles. The molecule has 1 aliphatic heterocycles. The normalized spacial score (nSPS) is 13.2. The number of nitrogens with zero attached hydrogens (tertiary/aromatic N) is 2. The summed E-state index contributed by atoms with van der Waals surface area (Å²) in [5.41, 5.74) is 1.10. The maximum Gasteiger partial charge on any atom is 0.264 e. The Kier molecular flexibility index (Phi) is 5.49. The van der Waals surface area contributed by atoms with E-state index in [0.717, 1.165) is 12.1 Å². The van der Waals surface area contributed by atoms with Crippen LogP contribution in [0.4, 0.5) is 20.2 Å². The molecule has 31 heavy (non-hydrogen) atoms. The molecule has 1 amide bonds. The van der Waals surface area contributed by atoms with E-state index in [1.54, 1.807) is 37.3 Å². The molecule has 0 spiro atoms. The molecule has 3 aromatic carbocycles. The van der Waals surface area contributed by atoms with Crippen molar-refractivity contribution in [1.29, 1.82) is 0 Å². The van der Waals surface area contributed by atoms with E-state index >= 15 is 0 Å². The van der Waals surface area contributed by atoms with Crippen molar-refractivity contribution in [2.75, 3.05) is 22.3 Å². The Balaban J connectivity index is 1.69. The third-order valence-corrected chi connectivity index (χ3v) is 7.16. The van der Waals surface area contributed by atoms with Gasteiger partial charge >= 0.3 is 0 Å². The third-order valence-electron chi connectivity index (χ3n) is 5.26. The van der Waals surface area contributed by atoms with Crippen molar-refractivity contribution < 1.29 is 22.0 Å². The van der Waals surface area contributed by atoms with Gasteiger partial charge < -0.3 is 4.90 Å². The predicted octanol–water partition coefficient (Wildman–Crippen LogP) is 4.38. The van der Waals surface area contributed by atoms with E-state index < -0.39 is 27.6 Å². The fourth-order valence-electron chi connectivity index (χ4n) is 3.79. The highest BCUT2D eigenvalue weighted by molar-refractivity contribution is 7.92. The molecule has 0 atom stereocenters. The van der Waals surface area contributed by atoms with Crippen LogP contribution in [0.3, 0.4) is 0 Å². The van der Waals surface area contributed by atoms with Crippen molar-refractivity contribution in [3.63, 3.8) is 0 Å². The number of anilines is 2. The number of carbonyl (C=O) groups excluding carboxylic acids is 1. The van der Waals surface area contributed by atoms with E-state index in [9.17, 15) is 22.0 Å². The van der Waals surface area contributed by atoms with Crippen molar-refractivity contribution in [3.8, 4) is 0 Å². The second-order valence-electron chi connectivity index (χ2n) is 7.13. The number of sulfonamides is 1. The first kappa shape index (κ1) is 21.0. The smallest absolute Gasteiger partial charge is 0.264 e. The van der Waals surface area contributed by atoms with Crippen LogP contribution in [0, 0.1) is 11.6 Å². The van der Waals surface area contributed by atoms with Crippen molar-refractivity contribution in [2.24, 2.45) is 0 Å². The summed E-state index contributed by atoms with van der Waals surface area (Å²) in [6, 6.07) is 16.3. The summed E-state index contributed by atoms with van der Waals surface area (Å²) in [5.74, 6) is -1.97. The van der Waals surface area contributed by atoms with Gasteiger partial charge in [-0.05, 0) is 49.7 Å². The molecule has 0 saturated carbocycles. The summed E-state index contributed by atoms with van der Waals surface area (Å²) in [7, 11) is -3.92. The quantitative estimate of drug-likeness (QED) is 0.589. The molecule has 0 N–H and O–H groups in total. The maximum atomic E-state index is 14.0. The molecule has 0 radical (unpaired) electrons. The Bertz CT molecular complexity index is 1250. The molecule has 0 aromatic heterocycles. The lowest BCUT2D eigenvalue weighted by atomic mass is 10.1. The van der Waals surface area contributed by atoms with Crippen LogP contribution >= 0.6 is 0 Å². The molecule has 3 aromatic rings. The number of amides is 1. The zero-order chi connectivity index (χ0) is 22.2. The van der Waals surface area contributed by atoms with Crippen molar-refractivity contribution >= 4 is 27.3 Å². The number of carbonyl (C=O) groups is 1. The maximum absolute atomic E-state index is 14.0. The van der Waals surface area contributed by atoms with Gasteiger partial charge in [0.2, 0.25) is 0 Å². The second kappa shape index (κ2) is 8.11. The first-order chi connectivity index (χ1) is 14.8. The standard InChI is InChI=1S/C23H20F2N2O3S/c1-2-27(18-8-4-3-5-9-18)31(29,30)19-10-6-7-16(13-19)23(28)26-12-11-20-21(25)14-17(24)15-22(20)26/h3-10,13-15H,2,11-12H2,1H3. The van der Waals surface area contributed by atoms with Crippen molar-refractivity contribution in [3.05, 3.63) is 89.5 Å². The fraction of sp³-hybridized carbons (Fsp3) is 0.174. The summed E-state index contributed by atoms with van der Waals surface area (Å²) in [5, 5.41) is 0. The summed E-state index contributed by atoms with van der Waals surface area (Å²) in [6.07, 6.45) is 0.267. The topological polar surface area (TPSA) is 57.7 Å². The van der Waals surface area contributed by atoms with E-state index in [2.05, 4.69) is 0 Å². The van der Waals surface area contributed by atoms with Gasteiger partial charge in [-0.3, -0.25) is 9.10 Å². The van der Waals surface area contributed by atoms with E-state index in [1.807, 2.05) is 0 Å². The molecule has 0 fully saturated rings. The monoisotopic (exact) mass is 442 g/mol. The van der Waals surface area contributed by atoms with Crippen LogP contribution in [0.5, 0.6) is 0 Å². The van der Waals surface area contributed by atoms with Crippen LogP contribution < -0.4 is 9.21 Å². The van der Waals surface area contributed by atoms with Crippen molar-refractivity contribution in [2.45, 2.75) is 18.2 Å². The lowest BCUT2D eigenvalue weighted by Gasteiger charge is -2.23. The Morgan fingerprint density at radius 1 is 1.03 bits per heavy atom. The number of rotatable bonds is 5. The molecule has 1 aliphatic rings. The van der Waals surface area contributed by atoms with E-state index in [-0.39, 0.29) is 41.2 Å². The van der Waals surface area contributed by atoms with Gasteiger partial charge in [0.05, 0.1) is 16.3 Å². The summed E-state index contributed by atoms with van der Waals surface area (Å²) in [4.78, 5) is 14.3. The molecule has 5 nitrogen and oxygen atoms in total. The van der Waals surface area contributed by atoms with Gasteiger partial charge in [-0.1, -0.05) is 24.3 Å². The zero-order valence-electron chi connectivity index (χ0n) is 16.8. The van der Waals surface area contributed by atoms with E-state index in [4.69, 9.17) is 0 Å². The average Bonchev–Trinajstić information content (AvgIpc) is 3.18. The van der Waals surface area contributed by atoms with Crippen LogP contribution in [-0.2, 0) is 16.4 Å². The first-order valence-electron chi connectivity index (χ1n) is 9.80. The highest BCUT2D eigenvalue weighted by atomic mass is 32.2. The van der Waals surface area contributed by atoms with Crippen LogP contribution in [0.25, 0.3) is 0 Å². The largest absolute Gasteiger partial charge is 0.308 e. The Morgan fingerprint density at radius 3 is 2.48 bits per heavy atom. The molecule has 1 heterocycles. The van der Waals surface area contributed by atoms with Gasteiger partial charge in [-0.2, -0.15) is 0 Å². The Hall–Kier alpha value is -3.26. The SMILES string of the molecule is CCN(c1ccccc1)S(=O)(=O)c1cccc(C(=O)N2CCc3c(F)cc(F)cc32)c1. The number of fused-ring (bicyclic) bond motifs is 1. The number of hydrogen-bond acceptors (Lipinski definition) is 3. The lowest BCUT2D eigenvalue weighted by molar-refractivity contribution is 0.0989. The van der Waals surface area contributed by atoms with Gasteiger partial charge in [0, 0.05) is 30.3 Å². The Labute approximate surface area is 179 Å². The van der Waals surface area contributed by atoms with Crippen LogP contribution in [0.15, 0.2) is 71.6 Å².